The van der Waals surface area contributed by atoms with Gasteiger partial charge in [-0.3, -0.25) is 14.5 Å². The first-order valence-corrected chi connectivity index (χ1v) is 10.8. The van der Waals surface area contributed by atoms with Crippen LogP contribution in [0.4, 0.5) is 0 Å². The summed E-state index contributed by atoms with van der Waals surface area (Å²) in [4.78, 5) is 20.3. The number of hydrogen-bond acceptors (Lipinski definition) is 4. The third-order valence-electron chi connectivity index (χ3n) is 5.02. The number of H-pyrrole nitrogens is 1. The third kappa shape index (κ3) is 3.85. The standard InChI is InChI=1S/C23H20N6O.C2H6/c1-15(2)28-13-11-18(26-28)17-14-29-21(20(17)16-8-4-3-5-9-16)23(30)25-22(27-29)19-10-6-7-12-24-19;1-2/h3-15H,1-2H3,(H,25,27,30);1-2H3. The number of fused-ring (bicyclic) bond motifs is 1. The van der Waals surface area contributed by atoms with Crippen molar-refractivity contribution in [3.8, 4) is 33.9 Å². The summed E-state index contributed by atoms with van der Waals surface area (Å²) in [5.41, 5.74) is 4.27. The topological polar surface area (TPSA) is 80.9 Å². The lowest BCUT2D eigenvalue weighted by molar-refractivity contribution is 0.534. The highest BCUT2D eigenvalue weighted by atomic mass is 16.1. The molecule has 0 radical (unpaired) electrons. The maximum Gasteiger partial charge on any atom is 0.276 e. The van der Waals surface area contributed by atoms with Gasteiger partial charge in [0.15, 0.2) is 5.82 Å². The minimum Gasteiger partial charge on any atom is -0.302 e. The Morgan fingerprint density at radius 3 is 2.31 bits per heavy atom. The molecule has 4 aromatic heterocycles. The first kappa shape index (κ1) is 21.2. The molecule has 0 saturated carbocycles. The van der Waals surface area contributed by atoms with E-state index in [9.17, 15) is 4.79 Å². The molecule has 7 heteroatoms. The van der Waals surface area contributed by atoms with Gasteiger partial charge in [0.2, 0.25) is 0 Å². The quantitative estimate of drug-likeness (QED) is 0.427. The molecule has 0 fully saturated rings. The van der Waals surface area contributed by atoms with E-state index in [1.54, 1.807) is 10.7 Å². The van der Waals surface area contributed by atoms with E-state index in [0.29, 0.717) is 17.0 Å². The van der Waals surface area contributed by atoms with Gasteiger partial charge in [0.1, 0.15) is 11.2 Å². The van der Waals surface area contributed by atoms with Crippen molar-refractivity contribution in [2.24, 2.45) is 0 Å². The van der Waals surface area contributed by atoms with Crippen LogP contribution in [0.15, 0.2) is 78.0 Å². The number of aromatic amines is 1. The third-order valence-corrected chi connectivity index (χ3v) is 5.02. The highest BCUT2D eigenvalue weighted by molar-refractivity contribution is 5.93. The van der Waals surface area contributed by atoms with Crippen LogP contribution in [-0.4, -0.2) is 29.4 Å². The van der Waals surface area contributed by atoms with Crippen molar-refractivity contribution < 1.29 is 0 Å². The molecule has 162 valence electrons. The van der Waals surface area contributed by atoms with E-state index in [0.717, 1.165) is 22.4 Å². The van der Waals surface area contributed by atoms with E-state index < -0.39 is 0 Å². The van der Waals surface area contributed by atoms with Gasteiger partial charge in [-0.05, 0) is 37.6 Å². The highest BCUT2D eigenvalue weighted by Crippen LogP contribution is 2.35. The summed E-state index contributed by atoms with van der Waals surface area (Å²) in [5.74, 6) is 0.418. The molecule has 32 heavy (non-hydrogen) atoms. The van der Waals surface area contributed by atoms with Crippen LogP contribution >= 0.6 is 0 Å². The summed E-state index contributed by atoms with van der Waals surface area (Å²) in [5, 5.41) is 9.37. The Balaban J connectivity index is 0.00000119. The second kappa shape index (κ2) is 9.01. The number of hydrogen-bond donors (Lipinski definition) is 1. The van der Waals surface area contributed by atoms with Crippen molar-refractivity contribution in [2.45, 2.75) is 33.7 Å². The highest BCUT2D eigenvalue weighted by Gasteiger charge is 2.20. The maximum atomic E-state index is 13.2. The predicted octanol–water partition coefficient (Wildman–Crippen LogP) is 5.22. The normalized spacial score (nSPS) is 10.9. The summed E-state index contributed by atoms with van der Waals surface area (Å²) in [6, 6.07) is 17.6. The molecule has 4 heterocycles. The molecule has 0 saturated heterocycles. The Labute approximate surface area is 186 Å². The van der Waals surface area contributed by atoms with Crippen LogP contribution in [0.2, 0.25) is 0 Å². The van der Waals surface area contributed by atoms with Gasteiger partial charge in [-0.1, -0.05) is 50.2 Å². The van der Waals surface area contributed by atoms with Gasteiger partial charge in [-0.25, -0.2) is 4.52 Å². The zero-order chi connectivity index (χ0) is 22.7. The van der Waals surface area contributed by atoms with Gasteiger partial charge in [0.05, 0.1) is 5.69 Å². The molecule has 0 aliphatic rings. The Kier molecular flexibility index (Phi) is 5.98. The molecule has 5 rings (SSSR count). The largest absolute Gasteiger partial charge is 0.302 e. The Hall–Kier alpha value is -4.00. The van der Waals surface area contributed by atoms with E-state index in [2.05, 4.69) is 28.9 Å². The molecule has 0 unspecified atom stereocenters. The second-order valence-corrected chi connectivity index (χ2v) is 7.37. The summed E-state index contributed by atoms with van der Waals surface area (Å²) >= 11 is 0. The van der Waals surface area contributed by atoms with E-state index in [-0.39, 0.29) is 11.6 Å². The van der Waals surface area contributed by atoms with Gasteiger partial charge < -0.3 is 4.98 Å². The van der Waals surface area contributed by atoms with Crippen LogP contribution < -0.4 is 5.56 Å². The number of pyridine rings is 1. The second-order valence-electron chi connectivity index (χ2n) is 7.37. The Morgan fingerprint density at radius 1 is 0.906 bits per heavy atom. The summed E-state index contributed by atoms with van der Waals surface area (Å²) < 4.78 is 3.54. The van der Waals surface area contributed by atoms with Crippen LogP contribution in [0, 0.1) is 0 Å². The fourth-order valence-electron chi connectivity index (χ4n) is 3.57. The number of benzene rings is 1. The minimum absolute atomic E-state index is 0.223. The van der Waals surface area contributed by atoms with Crippen molar-refractivity contribution in [2.75, 3.05) is 0 Å². The zero-order valence-electron chi connectivity index (χ0n) is 18.6. The van der Waals surface area contributed by atoms with Gasteiger partial charge >= 0.3 is 0 Å². The van der Waals surface area contributed by atoms with E-state index >= 15 is 0 Å². The first-order valence-electron chi connectivity index (χ1n) is 10.8. The molecule has 0 amide bonds. The first-order chi connectivity index (χ1) is 15.6. The van der Waals surface area contributed by atoms with E-state index in [1.165, 1.54) is 0 Å². The van der Waals surface area contributed by atoms with Crippen LogP contribution in [0.3, 0.4) is 0 Å². The molecule has 1 N–H and O–H groups in total. The average molecular weight is 427 g/mol. The van der Waals surface area contributed by atoms with Gasteiger partial charge in [-0.2, -0.15) is 5.10 Å². The lowest BCUT2D eigenvalue weighted by Crippen LogP contribution is -2.14. The lowest BCUT2D eigenvalue weighted by Gasteiger charge is -2.05. The molecule has 0 aliphatic heterocycles. The molecular weight excluding hydrogens is 400 g/mol. The summed E-state index contributed by atoms with van der Waals surface area (Å²) in [6.07, 6.45) is 5.50. The molecule has 0 bridgehead atoms. The molecule has 0 aliphatic carbocycles. The van der Waals surface area contributed by atoms with Crippen molar-refractivity contribution >= 4 is 5.52 Å². The van der Waals surface area contributed by atoms with Gasteiger partial charge in [0, 0.05) is 35.8 Å². The van der Waals surface area contributed by atoms with Crippen LogP contribution in [-0.2, 0) is 0 Å². The van der Waals surface area contributed by atoms with Gasteiger partial charge in [-0.15, -0.1) is 5.10 Å². The molecule has 7 nitrogen and oxygen atoms in total. The minimum atomic E-state index is -0.223. The van der Waals surface area contributed by atoms with Crippen LogP contribution in [0.5, 0.6) is 0 Å². The molecule has 0 spiro atoms. The fourth-order valence-corrected chi connectivity index (χ4v) is 3.57. The van der Waals surface area contributed by atoms with Crippen LogP contribution in [0.1, 0.15) is 33.7 Å². The van der Waals surface area contributed by atoms with Crippen molar-refractivity contribution in [3.63, 3.8) is 0 Å². The number of rotatable bonds is 4. The number of aromatic nitrogens is 6. The number of nitrogens with zero attached hydrogens (tertiary/aromatic N) is 5. The molecule has 1 aromatic carbocycles. The molecule has 0 atom stereocenters. The predicted molar refractivity (Wildman–Crippen MR) is 127 cm³/mol. The van der Waals surface area contributed by atoms with Gasteiger partial charge in [0.25, 0.3) is 5.56 Å². The fraction of sp³-hybridized carbons (Fsp3) is 0.200. The molecule has 5 aromatic rings. The Morgan fingerprint density at radius 2 is 1.66 bits per heavy atom. The monoisotopic (exact) mass is 426 g/mol. The summed E-state index contributed by atoms with van der Waals surface area (Å²) in [7, 11) is 0. The summed E-state index contributed by atoms with van der Waals surface area (Å²) in [6.45, 7) is 8.16. The smallest absolute Gasteiger partial charge is 0.276 e. The van der Waals surface area contributed by atoms with E-state index in [1.807, 2.05) is 85.5 Å². The zero-order valence-corrected chi connectivity index (χ0v) is 18.6. The van der Waals surface area contributed by atoms with Crippen molar-refractivity contribution in [1.29, 1.82) is 0 Å². The maximum absolute atomic E-state index is 13.2. The van der Waals surface area contributed by atoms with Crippen molar-refractivity contribution in [1.82, 2.24) is 29.4 Å². The SMILES string of the molecule is CC.CC(C)n1ccc(-c2cn3nc(-c4ccccn4)[nH]c(=O)c3c2-c2ccccc2)n1. The molecular formula is C25H26N6O. The average Bonchev–Trinajstić information content (AvgIpc) is 3.47. The lowest BCUT2D eigenvalue weighted by atomic mass is 10.0. The number of nitrogens with one attached hydrogen (secondary N) is 1. The Bertz CT molecular complexity index is 1380. The van der Waals surface area contributed by atoms with Crippen molar-refractivity contribution in [3.05, 3.63) is 83.5 Å². The van der Waals surface area contributed by atoms with E-state index in [4.69, 9.17) is 5.10 Å². The van der Waals surface area contributed by atoms with Crippen LogP contribution in [0.25, 0.3) is 39.4 Å².